The van der Waals surface area contributed by atoms with E-state index in [9.17, 15) is 5.11 Å². The summed E-state index contributed by atoms with van der Waals surface area (Å²) in [5.74, 6) is 2.12. The van der Waals surface area contributed by atoms with Crippen molar-refractivity contribution in [1.29, 1.82) is 0 Å². The van der Waals surface area contributed by atoms with Crippen LogP contribution in [0.25, 0.3) is 21.9 Å². The zero-order chi connectivity index (χ0) is 22.5. The standard InChI is InChI=1S/C26H31N5O/c1-26(2,32)15-31-22(13-16-6-7-16)30-23-24(31)20-9-8-18(12-21(20)29-25(23)28)10-17-4-3-5-19(11-17)14-27/h3-5,8-9,11-12,16,32H,6-7,10,13-15,27H2,1-2H3,(H2,28,29). The molecule has 6 heteroatoms. The SMILES string of the molecule is CC(C)(O)Cn1c(CC2CC2)nc2c(N)nc3cc(Cc4cccc(CN)c4)ccc3c21. The Morgan fingerprint density at radius 1 is 1.06 bits per heavy atom. The fourth-order valence-electron chi connectivity index (χ4n) is 4.51. The van der Waals surface area contributed by atoms with Crippen molar-refractivity contribution in [2.24, 2.45) is 11.7 Å². The first kappa shape index (κ1) is 20.9. The summed E-state index contributed by atoms with van der Waals surface area (Å²) < 4.78 is 2.17. The van der Waals surface area contributed by atoms with E-state index in [0.29, 0.717) is 24.8 Å². The molecule has 1 fully saturated rings. The second-order valence-electron chi connectivity index (χ2n) is 9.82. The summed E-state index contributed by atoms with van der Waals surface area (Å²) in [6, 6.07) is 14.8. The predicted octanol–water partition coefficient (Wildman–Crippen LogP) is 3.94. The maximum absolute atomic E-state index is 10.6. The highest BCUT2D eigenvalue weighted by Gasteiger charge is 2.28. The summed E-state index contributed by atoms with van der Waals surface area (Å²) in [6.07, 6.45) is 4.21. The first-order valence-electron chi connectivity index (χ1n) is 11.4. The van der Waals surface area contributed by atoms with E-state index in [2.05, 4.69) is 41.0 Å². The van der Waals surface area contributed by atoms with Gasteiger partial charge in [0, 0.05) is 18.4 Å². The Morgan fingerprint density at radius 3 is 2.53 bits per heavy atom. The average molecular weight is 430 g/mol. The van der Waals surface area contributed by atoms with Gasteiger partial charge in [-0.05, 0) is 61.8 Å². The maximum atomic E-state index is 10.6. The first-order chi connectivity index (χ1) is 15.3. The van der Waals surface area contributed by atoms with E-state index in [-0.39, 0.29) is 0 Å². The number of aromatic nitrogens is 3. The van der Waals surface area contributed by atoms with Crippen LogP contribution in [0.2, 0.25) is 0 Å². The van der Waals surface area contributed by atoms with Gasteiger partial charge >= 0.3 is 0 Å². The van der Waals surface area contributed by atoms with Crippen LogP contribution in [0.1, 0.15) is 49.2 Å². The van der Waals surface area contributed by atoms with Gasteiger partial charge in [0.2, 0.25) is 0 Å². The summed E-state index contributed by atoms with van der Waals surface area (Å²) in [7, 11) is 0. The summed E-state index contributed by atoms with van der Waals surface area (Å²) >= 11 is 0. The molecule has 0 amide bonds. The lowest BCUT2D eigenvalue weighted by molar-refractivity contribution is 0.0618. The third-order valence-corrected chi connectivity index (χ3v) is 6.20. The highest BCUT2D eigenvalue weighted by atomic mass is 16.3. The third-order valence-electron chi connectivity index (χ3n) is 6.20. The molecule has 0 spiro atoms. The van der Waals surface area contributed by atoms with Crippen LogP contribution in [0.4, 0.5) is 5.82 Å². The van der Waals surface area contributed by atoms with Crippen molar-refractivity contribution >= 4 is 27.8 Å². The van der Waals surface area contributed by atoms with Crippen LogP contribution < -0.4 is 11.5 Å². The number of rotatable bonds is 7. The number of hydrogen-bond acceptors (Lipinski definition) is 5. The Labute approximate surface area is 188 Å². The molecule has 6 nitrogen and oxygen atoms in total. The quantitative estimate of drug-likeness (QED) is 0.413. The average Bonchev–Trinajstić information content (AvgIpc) is 3.49. The topological polar surface area (TPSA) is 103 Å². The molecule has 2 heterocycles. The van der Waals surface area contributed by atoms with Gasteiger partial charge in [0.1, 0.15) is 11.3 Å². The van der Waals surface area contributed by atoms with Crippen LogP contribution in [-0.2, 0) is 25.9 Å². The number of aliphatic hydroxyl groups is 1. The summed E-state index contributed by atoms with van der Waals surface area (Å²) in [4.78, 5) is 9.59. The molecule has 0 atom stereocenters. The molecule has 4 aromatic rings. The number of nitrogens with zero attached hydrogens (tertiary/aromatic N) is 3. The van der Waals surface area contributed by atoms with Gasteiger partial charge in [-0.15, -0.1) is 0 Å². The van der Waals surface area contributed by atoms with E-state index >= 15 is 0 Å². The Morgan fingerprint density at radius 2 is 1.81 bits per heavy atom. The van der Waals surface area contributed by atoms with E-state index in [1.165, 1.54) is 24.0 Å². The molecule has 0 unspecified atom stereocenters. The Bertz CT molecular complexity index is 1300. The minimum atomic E-state index is -0.857. The fraction of sp³-hybridized carbons (Fsp3) is 0.385. The number of pyridine rings is 1. The van der Waals surface area contributed by atoms with Crippen molar-refractivity contribution in [3.63, 3.8) is 0 Å². The van der Waals surface area contributed by atoms with Crippen molar-refractivity contribution < 1.29 is 5.11 Å². The molecule has 1 saturated carbocycles. The molecular formula is C26H31N5O. The van der Waals surface area contributed by atoms with E-state index in [1.807, 2.05) is 19.9 Å². The van der Waals surface area contributed by atoms with Gasteiger partial charge in [0.15, 0.2) is 5.82 Å². The Hall–Kier alpha value is -2.96. The summed E-state index contributed by atoms with van der Waals surface area (Å²) in [5, 5.41) is 11.6. The zero-order valence-electron chi connectivity index (χ0n) is 18.8. The van der Waals surface area contributed by atoms with Crippen molar-refractivity contribution in [2.45, 2.75) is 58.2 Å². The van der Waals surface area contributed by atoms with E-state index < -0.39 is 5.60 Å². The van der Waals surface area contributed by atoms with Gasteiger partial charge in [-0.1, -0.05) is 36.4 Å². The minimum absolute atomic E-state index is 0.446. The van der Waals surface area contributed by atoms with Crippen LogP contribution in [-0.4, -0.2) is 25.2 Å². The molecule has 1 aliphatic rings. The molecule has 0 bridgehead atoms. The van der Waals surface area contributed by atoms with Crippen molar-refractivity contribution in [2.75, 3.05) is 5.73 Å². The molecule has 0 radical (unpaired) electrons. The second-order valence-corrected chi connectivity index (χ2v) is 9.82. The smallest absolute Gasteiger partial charge is 0.152 e. The van der Waals surface area contributed by atoms with Crippen LogP contribution >= 0.6 is 0 Å². The molecule has 2 aromatic heterocycles. The lowest BCUT2D eigenvalue weighted by Gasteiger charge is -2.21. The fourth-order valence-corrected chi connectivity index (χ4v) is 4.51. The number of anilines is 1. The number of nitrogen functional groups attached to an aromatic ring is 1. The number of hydrogen-bond donors (Lipinski definition) is 3. The highest BCUT2D eigenvalue weighted by molar-refractivity contribution is 6.06. The molecule has 5 rings (SSSR count). The molecular weight excluding hydrogens is 398 g/mol. The number of benzene rings is 2. The van der Waals surface area contributed by atoms with Crippen molar-refractivity contribution in [3.05, 3.63) is 65.0 Å². The van der Waals surface area contributed by atoms with Crippen molar-refractivity contribution in [3.8, 4) is 0 Å². The minimum Gasteiger partial charge on any atom is -0.389 e. The monoisotopic (exact) mass is 429 g/mol. The zero-order valence-corrected chi connectivity index (χ0v) is 18.8. The predicted molar refractivity (Wildman–Crippen MR) is 129 cm³/mol. The van der Waals surface area contributed by atoms with Gasteiger partial charge in [-0.25, -0.2) is 9.97 Å². The maximum Gasteiger partial charge on any atom is 0.152 e. The number of imidazole rings is 1. The van der Waals surface area contributed by atoms with Gasteiger partial charge < -0.3 is 21.1 Å². The van der Waals surface area contributed by atoms with E-state index in [1.54, 1.807) is 0 Å². The van der Waals surface area contributed by atoms with Crippen LogP contribution in [0.5, 0.6) is 0 Å². The Kier molecular flexibility index (Phi) is 5.14. The van der Waals surface area contributed by atoms with Crippen LogP contribution in [0, 0.1) is 5.92 Å². The normalized spacial score (nSPS) is 14.5. The summed E-state index contributed by atoms with van der Waals surface area (Å²) in [5.41, 5.74) is 17.4. The molecule has 1 aliphatic carbocycles. The molecule has 166 valence electrons. The number of fused-ring (bicyclic) bond motifs is 3. The lowest BCUT2D eigenvalue weighted by atomic mass is 10.0. The molecule has 5 N–H and O–H groups in total. The third kappa shape index (κ3) is 4.20. The van der Waals surface area contributed by atoms with E-state index in [0.717, 1.165) is 46.2 Å². The van der Waals surface area contributed by atoms with Gasteiger partial charge in [-0.2, -0.15) is 0 Å². The Balaban J connectivity index is 1.62. The first-order valence-corrected chi connectivity index (χ1v) is 11.4. The molecule has 0 aliphatic heterocycles. The van der Waals surface area contributed by atoms with Crippen molar-refractivity contribution in [1.82, 2.24) is 14.5 Å². The van der Waals surface area contributed by atoms with Crippen LogP contribution in [0.15, 0.2) is 42.5 Å². The summed E-state index contributed by atoms with van der Waals surface area (Å²) in [6.45, 7) is 4.67. The molecule has 0 saturated heterocycles. The van der Waals surface area contributed by atoms with Gasteiger partial charge in [0.25, 0.3) is 0 Å². The van der Waals surface area contributed by atoms with Crippen LogP contribution in [0.3, 0.4) is 0 Å². The lowest BCUT2D eigenvalue weighted by Crippen LogP contribution is -2.27. The molecule has 2 aromatic carbocycles. The second kappa shape index (κ2) is 7.87. The van der Waals surface area contributed by atoms with E-state index in [4.69, 9.17) is 21.4 Å². The number of nitrogens with two attached hydrogens (primary N) is 2. The largest absolute Gasteiger partial charge is 0.389 e. The highest BCUT2D eigenvalue weighted by Crippen LogP contribution is 2.36. The van der Waals surface area contributed by atoms with Gasteiger partial charge in [-0.3, -0.25) is 0 Å². The molecule has 32 heavy (non-hydrogen) atoms. The van der Waals surface area contributed by atoms with Gasteiger partial charge in [0.05, 0.1) is 23.2 Å².